The van der Waals surface area contributed by atoms with E-state index in [4.69, 9.17) is 11.6 Å². The number of carbonyl (C=O) groups is 1. The van der Waals surface area contributed by atoms with Crippen molar-refractivity contribution >= 4 is 27.3 Å². The summed E-state index contributed by atoms with van der Waals surface area (Å²) < 4.78 is 23.5. The first-order valence-corrected chi connectivity index (χ1v) is 9.27. The smallest absolute Gasteiger partial charge is 0.254 e. The van der Waals surface area contributed by atoms with Crippen LogP contribution in [0.4, 0.5) is 0 Å². The lowest BCUT2D eigenvalue weighted by Gasteiger charge is -2.41. The summed E-state index contributed by atoms with van der Waals surface area (Å²) in [4.78, 5) is 14.3. The molecule has 0 aromatic heterocycles. The Balaban J connectivity index is 2.37. The Labute approximate surface area is 135 Å². The van der Waals surface area contributed by atoms with Gasteiger partial charge in [-0.25, -0.2) is 8.42 Å². The van der Waals surface area contributed by atoms with Crippen molar-refractivity contribution in [2.45, 2.75) is 31.8 Å². The van der Waals surface area contributed by atoms with E-state index in [0.29, 0.717) is 17.0 Å². The molecule has 1 amide bonds. The number of amides is 1. The zero-order chi connectivity index (χ0) is 16.5. The summed E-state index contributed by atoms with van der Waals surface area (Å²) in [5.74, 6) is -0.280. The number of aliphatic hydroxyl groups is 1. The number of hydrogen-bond donors (Lipinski definition) is 1. The van der Waals surface area contributed by atoms with Crippen molar-refractivity contribution in [1.29, 1.82) is 0 Å². The molecule has 0 saturated carbocycles. The lowest BCUT2D eigenvalue weighted by molar-refractivity contribution is 0.0233. The molecule has 1 aromatic rings. The molecule has 122 valence electrons. The highest BCUT2D eigenvalue weighted by molar-refractivity contribution is 7.91. The van der Waals surface area contributed by atoms with E-state index in [9.17, 15) is 18.3 Å². The summed E-state index contributed by atoms with van der Waals surface area (Å²) in [5.41, 5.74) is -0.420. The molecule has 0 radical (unpaired) electrons. The van der Waals surface area contributed by atoms with E-state index < -0.39 is 21.4 Å². The third-order valence-corrected chi connectivity index (χ3v) is 5.92. The fourth-order valence-electron chi connectivity index (χ4n) is 2.72. The predicted molar refractivity (Wildman–Crippen MR) is 85.8 cm³/mol. The Bertz CT molecular complexity index is 655. The van der Waals surface area contributed by atoms with E-state index in [1.807, 2.05) is 0 Å². The standard InChI is InChI=1S/C15H20ClNO4S/c1-15(2,10-18)17(13-7-8-22(20,21)9-13)14(19)11-3-5-12(16)6-4-11/h3-6,13,18H,7-10H2,1-2H3/t13-/m0/s1. The molecule has 1 N–H and O–H groups in total. The molecule has 0 bridgehead atoms. The molecule has 1 atom stereocenters. The van der Waals surface area contributed by atoms with E-state index in [0.717, 1.165) is 0 Å². The second-order valence-electron chi connectivity index (χ2n) is 6.21. The van der Waals surface area contributed by atoms with Crippen LogP contribution in [0.2, 0.25) is 5.02 Å². The van der Waals surface area contributed by atoms with E-state index >= 15 is 0 Å². The number of hydrogen-bond acceptors (Lipinski definition) is 4. The summed E-state index contributed by atoms with van der Waals surface area (Å²) in [7, 11) is -3.13. The van der Waals surface area contributed by atoms with Gasteiger partial charge in [0.25, 0.3) is 5.91 Å². The third-order valence-electron chi connectivity index (χ3n) is 3.92. The Kier molecular flexibility index (Phi) is 4.84. The molecule has 1 saturated heterocycles. The SMILES string of the molecule is CC(C)(CO)N(C(=O)c1ccc(Cl)cc1)[C@H]1CCS(=O)(=O)C1. The van der Waals surface area contributed by atoms with E-state index in [-0.39, 0.29) is 24.0 Å². The quantitative estimate of drug-likeness (QED) is 0.902. The zero-order valence-electron chi connectivity index (χ0n) is 12.6. The average molecular weight is 346 g/mol. The molecule has 2 rings (SSSR count). The highest BCUT2D eigenvalue weighted by atomic mass is 35.5. The Morgan fingerprint density at radius 2 is 1.95 bits per heavy atom. The average Bonchev–Trinajstić information content (AvgIpc) is 2.79. The van der Waals surface area contributed by atoms with Crippen molar-refractivity contribution in [3.8, 4) is 0 Å². The van der Waals surface area contributed by atoms with Crippen LogP contribution in [0, 0.1) is 0 Å². The molecule has 22 heavy (non-hydrogen) atoms. The molecular weight excluding hydrogens is 326 g/mol. The summed E-state index contributed by atoms with van der Waals surface area (Å²) in [6.07, 6.45) is 0.394. The molecular formula is C15H20ClNO4S. The summed E-state index contributed by atoms with van der Waals surface area (Å²) >= 11 is 5.83. The van der Waals surface area contributed by atoms with Crippen molar-refractivity contribution in [3.63, 3.8) is 0 Å². The fraction of sp³-hybridized carbons (Fsp3) is 0.533. The number of rotatable bonds is 4. The van der Waals surface area contributed by atoms with Crippen LogP contribution in [0.1, 0.15) is 30.6 Å². The van der Waals surface area contributed by atoms with Crippen LogP contribution in [0.5, 0.6) is 0 Å². The highest BCUT2D eigenvalue weighted by Gasteiger charge is 2.41. The first-order chi connectivity index (χ1) is 10.2. The van der Waals surface area contributed by atoms with Crippen LogP contribution in [-0.2, 0) is 9.84 Å². The van der Waals surface area contributed by atoms with Gasteiger partial charge in [-0.2, -0.15) is 0 Å². The molecule has 1 aliphatic heterocycles. The van der Waals surface area contributed by atoms with E-state index in [2.05, 4.69) is 0 Å². The Morgan fingerprint density at radius 1 is 1.36 bits per heavy atom. The van der Waals surface area contributed by atoms with Crippen LogP contribution in [0.3, 0.4) is 0 Å². The lowest BCUT2D eigenvalue weighted by Crippen LogP contribution is -2.55. The maximum atomic E-state index is 12.8. The van der Waals surface area contributed by atoms with Gasteiger partial charge in [0, 0.05) is 16.6 Å². The van der Waals surface area contributed by atoms with Crippen LogP contribution >= 0.6 is 11.6 Å². The van der Waals surface area contributed by atoms with Crippen molar-refractivity contribution in [1.82, 2.24) is 4.90 Å². The topological polar surface area (TPSA) is 74.7 Å². The number of nitrogens with zero attached hydrogens (tertiary/aromatic N) is 1. The first-order valence-electron chi connectivity index (χ1n) is 7.07. The lowest BCUT2D eigenvalue weighted by atomic mass is 9.98. The van der Waals surface area contributed by atoms with Crippen molar-refractivity contribution in [2.75, 3.05) is 18.1 Å². The maximum absolute atomic E-state index is 12.8. The van der Waals surface area contributed by atoms with Crippen LogP contribution in [-0.4, -0.2) is 54.0 Å². The second-order valence-corrected chi connectivity index (χ2v) is 8.87. The van der Waals surface area contributed by atoms with Crippen LogP contribution < -0.4 is 0 Å². The van der Waals surface area contributed by atoms with Crippen LogP contribution in [0.25, 0.3) is 0 Å². The molecule has 5 nitrogen and oxygen atoms in total. The van der Waals surface area contributed by atoms with Gasteiger partial charge in [0.2, 0.25) is 0 Å². The Morgan fingerprint density at radius 3 is 2.41 bits per heavy atom. The van der Waals surface area contributed by atoms with Gasteiger partial charge >= 0.3 is 0 Å². The molecule has 0 aliphatic carbocycles. The van der Waals surface area contributed by atoms with Gasteiger partial charge in [0.15, 0.2) is 9.84 Å². The van der Waals surface area contributed by atoms with Gasteiger partial charge in [-0.3, -0.25) is 4.79 Å². The van der Waals surface area contributed by atoms with Gasteiger partial charge in [-0.15, -0.1) is 0 Å². The number of carbonyl (C=O) groups excluding carboxylic acids is 1. The molecule has 1 fully saturated rings. The minimum absolute atomic E-state index is 0.0598. The van der Waals surface area contributed by atoms with Crippen molar-refractivity contribution in [3.05, 3.63) is 34.9 Å². The molecule has 0 spiro atoms. The second kappa shape index (κ2) is 6.18. The van der Waals surface area contributed by atoms with Gasteiger partial charge in [0.1, 0.15) is 0 Å². The molecule has 1 aliphatic rings. The Hall–Kier alpha value is -1.11. The number of sulfone groups is 1. The zero-order valence-corrected chi connectivity index (χ0v) is 14.2. The van der Waals surface area contributed by atoms with Gasteiger partial charge in [0.05, 0.1) is 23.7 Å². The van der Waals surface area contributed by atoms with Gasteiger partial charge in [-0.1, -0.05) is 11.6 Å². The maximum Gasteiger partial charge on any atom is 0.254 e. The highest BCUT2D eigenvalue weighted by Crippen LogP contribution is 2.27. The number of halogens is 1. The van der Waals surface area contributed by atoms with Crippen molar-refractivity contribution in [2.24, 2.45) is 0 Å². The molecule has 0 unspecified atom stereocenters. The largest absolute Gasteiger partial charge is 0.394 e. The minimum Gasteiger partial charge on any atom is -0.394 e. The normalized spacial score (nSPS) is 20.8. The summed E-state index contributed by atoms with van der Waals surface area (Å²) in [6.45, 7) is 3.21. The molecule has 1 heterocycles. The third kappa shape index (κ3) is 3.62. The van der Waals surface area contributed by atoms with Crippen LogP contribution in [0.15, 0.2) is 24.3 Å². The first kappa shape index (κ1) is 17.2. The van der Waals surface area contributed by atoms with Crippen molar-refractivity contribution < 1.29 is 18.3 Å². The minimum atomic E-state index is -3.13. The monoisotopic (exact) mass is 345 g/mol. The molecule has 1 aromatic carbocycles. The summed E-state index contributed by atoms with van der Waals surface area (Å²) in [6, 6.07) is 6.02. The summed E-state index contributed by atoms with van der Waals surface area (Å²) in [5, 5.41) is 10.2. The molecule has 7 heteroatoms. The van der Waals surface area contributed by atoms with E-state index in [1.165, 1.54) is 4.90 Å². The fourth-order valence-corrected chi connectivity index (χ4v) is 4.55. The van der Waals surface area contributed by atoms with Gasteiger partial charge in [-0.05, 0) is 44.5 Å². The van der Waals surface area contributed by atoms with Gasteiger partial charge < -0.3 is 10.0 Å². The number of aliphatic hydroxyl groups excluding tert-OH is 1. The predicted octanol–water partition coefficient (Wildman–Crippen LogP) is 1.74. The van der Waals surface area contributed by atoms with E-state index in [1.54, 1.807) is 38.1 Å². The number of benzene rings is 1.